The Balaban J connectivity index is 1.98. The van der Waals surface area contributed by atoms with Crippen LogP contribution in [0.25, 0.3) is 0 Å². The number of carboxylic acid groups (broad SMARTS) is 1. The van der Waals surface area contributed by atoms with Gasteiger partial charge in [-0.25, -0.2) is 4.79 Å². The van der Waals surface area contributed by atoms with E-state index in [1.807, 2.05) is 0 Å². The number of carbonyl (C=O) groups is 1. The van der Waals surface area contributed by atoms with Crippen molar-refractivity contribution in [2.24, 2.45) is 5.92 Å². The molecule has 1 aliphatic rings. The molecule has 2 rings (SSSR count). The maximum atomic E-state index is 10.7. The van der Waals surface area contributed by atoms with Gasteiger partial charge in [0.1, 0.15) is 5.75 Å². The Morgan fingerprint density at radius 3 is 2.71 bits per heavy atom. The zero-order valence-corrected chi connectivity index (χ0v) is 9.69. The SMILES string of the molecule is Nc1cc(C(=O)O)ccc1OCC1CCCC1. The van der Waals surface area contributed by atoms with Crippen LogP contribution in [0.2, 0.25) is 0 Å². The number of nitrogens with two attached hydrogens (primary N) is 1. The van der Waals surface area contributed by atoms with Gasteiger partial charge in [-0.3, -0.25) is 0 Å². The normalized spacial score (nSPS) is 16.0. The number of aromatic carboxylic acids is 1. The van der Waals surface area contributed by atoms with Gasteiger partial charge in [-0.15, -0.1) is 0 Å². The number of ether oxygens (including phenoxy) is 1. The molecule has 1 saturated carbocycles. The molecule has 0 aromatic heterocycles. The first kappa shape index (κ1) is 11.8. The fraction of sp³-hybridized carbons (Fsp3) is 0.462. The molecule has 17 heavy (non-hydrogen) atoms. The van der Waals surface area contributed by atoms with E-state index < -0.39 is 5.97 Å². The standard InChI is InChI=1S/C13H17NO3/c14-11-7-10(13(15)16)5-6-12(11)17-8-9-3-1-2-4-9/h5-7,9H,1-4,8,14H2,(H,15,16). The molecule has 0 atom stereocenters. The van der Waals surface area contributed by atoms with Gasteiger partial charge in [0.2, 0.25) is 0 Å². The van der Waals surface area contributed by atoms with Crippen molar-refractivity contribution in [3.63, 3.8) is 0 Å². The summed E-state index contributed by atoms with van der Waals surface area (Å²) >= 11 is 0. The van der Waals surface area contributed by atoms with Gasteiger partial charge in [-0.2, -0.15) is 0 Å². The Morgan fingerprint density at radius 1 is 1.41 bits per heavy atom. The summed E-state index contributed by atoms with van der Waals surface area (Å²) in [5.74, 6) is 0.231. The van der Waals surface area contributed by atoms with Crippen LogP contribution in [0, 0.1) is 5.92 Å². The fourth-order valence-corrected chi connectivity index (χ4v) is 2.20. The van der Waals surface area contributed by atoms with Crippen molar-refractivity contribution in [2.75, 3.05) is 12.3 Å². The van der Waals surface area contributed by atoms with Crippen LogP contribution in [-0.4, -0.2) is 17.7 Å². The van der Waals surface area contributed by atoms with Gasteiger partial charge in [0.05, 0.1) is 17.9 Å². The van der Waals surface area contributed by atoms with E-state index in [4.69, 9.17) is 15.6 Å². The zero-order valence-electron chi connectivity index (χ0n) is 9.69. The molecule has 92 valence electrons. The molecule has 0 bridgehead atoms. The second kappa shape index (κ2) is 5.08. The summed E-state index contributed by atoms with van der Waals surface area (Å²) in [5, 5.41) is 8.81. The van der Waals surface area contributed by atoms with E-state index in [1.54, 1.807) is 6.07 Å². The first-order valence-electron chi connectivity index (χ1n) is 5.92. The average molecular weight is 235 g/mol. The van der Waals surface area contributed by atoms with Crippen LogP contribution >= 0.6 is 0 Å². The molecule has 0 heterocycles. The van der Waals surface area contributed by atoms with Gasteiger partial charge >= 0.3 is 5.97 Å². The maximum Gasteiger partial charge on any atom is 0.335 e. The summed E-state index contributed by atoms with van der Waals surface area (Å²) in [5.41, 5.74) is 6.34. The van der Waals surface area contributed by atoms with E-state index in [2.05, 4.69) is 0 Å². The second-order valence-corrected chi connectivity index (χ2v) is 4.52. The molecule has 0 unspecified atom stereocenters. The molecule has 1 aromatic rings. The van der Waals surface area contributed by atoms with Crippen LogP contribution in [0.1, 0.15) is 36.0 Å². The third-order valence-corrected chi connectivity index (χ3v) is 3.21. The molecule has 4 heteroatoms. The van der Waals surface area contributed by atoms with Gasteiger partial charge in [-0.1, -0.05) is 12.8 Å². The van der Waals surface area contributed by atoms with Crippen molar-refractivity contribution in [3.05, 3.63) is 23.8 Å². The minimum Gasteiger partial charge on any atom is -0.491 e. The molecule has 0 amide bonds. The van der Waals surface area contributed by atoms with Gasteiger partial charge < -0.3 is 15.6 Å². The van der Waals surface area contributed by atoms with E-state index >= 15 is 0 Å². The number of hydrogen-bond acceptors (Lipinski definition) is 3. The molecule has 1 aliphatic carbocycles. The van der Waals surface area contributed by atoms with Crippen LogP contribution in [0.15, 0.2) is 18.2 Å². The van der Waals surface area contributed by atoms with E-state index in [0.717, 1.165) is 0 Å². The molecule has 0 spiro atoms. The van der Waals surface area contributed by atoms with Crippen molar-refractivity contribution in [2.45, 2.75) is 25.7 Å². The average Bonchev–Trinajstić information content (AvgIpc) is 2.80. The van der Waals surface area contributed by atoms with Crippen LogP contribution in [0.4, 0.5) is 5.69 Å². The van der Waals surface area contributed by atoms with Gasteiger partial charge in [0, 0.05) is 0 Å². The van der Waals surface area contributed by atoms with Crippen LogP contribution in [0.5, 0.6) is 5.75 Å². The highest BCUT2D eigenvalue weighted by atomic mass is 16.5. The molecule has 0 aliphatic heterocycles. The topological polar surface area (TPSA) is 72.6 Å². The number of hydrogen-bond donors (Lipinski definition) is 2. The van der Waals surface area contributed by atoms with Crippen molar-refractivity contribution < 1.29 is 14.6 Å². The number of rotatable bonds is 4. The summed E-state index contributed by atoms with van der Waals surface area (Å²) in [6.07, 6.45) is 4.99. The predicted molar refractivity (Wildman–Crippen MR) is 65.3 cm³/mol. The van der Waals surface area contributed by atoms with Crippen LogP contribution < -0.4 is 10.5 Å². The summed E-state index contributed by atoms with van der Waals surface area (Å²) in [4.78, 5) is 10.7. The van der Waals surface area contributed by atoms with E-state index in [0.29, 0.717) is 24.0 Å². The summed E-state index contributed by atoms with van der Waals surface area (Å²) < 4.78 is 5.64. The zero-order chi connectivity index (χ0) is 12.3. The van der Waals surface area contributed by atoms with E-state index in [-0.39, 0.29) is 5.56 Å². The molecule has 0 saturated heterocycles. The smallest absolute Gasteiger partial charge is 0.335 e. The highest BCUT2D eigenvalue weighted by molar-refractivity contribution is 5.89. The van der Waals surface area contributed by atoms with Crippen LogP contribution in [0.3, 0.4) is 0 Å². The second-order valence-electron chi connectivity index (χ2n) is 4.52. The van der Waals surface area contributed by atoms with Gasteiger partial charge in [0.15, 0.2) is 0 Å². The maximum absolute atomic E-state index is 10.7. The summed E-state index contributed by atoms with van der Waals surface area (Å²) in [7, 11) is 0. The Kier molecular flexibility index (Phi) is 3.52. The molecular formula is C13H17NO3. The number of nitrogen functional groups attached to an aromatic ring is 1. The van der Waals surface area contributed by atoms with Crippen molar-refractivity contribution in [1.82, 2.24) is 0 Å². The quantitative estimate of drug-likeness (QED) is 0.786. The minimum atomic E-state index is -0.973. The lowest BCUT2D eigenvalue weighted by atomic mass is 10.1. The third-order valence-electron chi connectivity index (χ3n) is 3.21. The molecule has 1 fully saturated rings. The molecular weight excluding hydrogens is 218 g/mol. The summed E-state index contributed by atoms with van der Waals surface area (Å²) in [6, 6.07) is 4.59. The van der Waals surface area contributed by atoms with Gasteiger partial charge in [-0.05, 0) is 37.0 Å². The number of anilines is 1. The Morgan fingerprint density at radius 2 is 2.12 bits per heavy atom. The van der Waals surface area contributed by atoms with Crippen molar-refractivity contribution in [1.29, 1.82) is 0 Å². The lowest BCUT2D eigenvalue weighted by molar-refractivity contribution is 0.0697. The monoisotopic (exact) mass is 235 g/mol. The number of benzene rings is 1. The van der Waals surface area contributed by atoms with Crippen LogP contribution in [-0.2, 0) is 0 Å². The van der Waals surface area contributed by atoms with E-state index in [1.165, 1.54) is 37.8 Å². The van der Waals surface area contributed by atoms with Crippen molar-refractivity contribution >= 4 is 11.7 Å². The third kappa shape index (κ3) is 2.90. The molecule has 4 nitrogen and oxygen atoms in total. The molecule has 1 aromatic carbocycles. The highest BCUT2D eigenvalue weighted by Gasteiger charge is 2.16. The van der Waals surface area contributed by atoms with Crippen molar-refractivity contribution in [3.8, 4) is 5.75 Å². The Labute approximate surface area is 100 Å². The number of carboxylic acids is 1. The lowest BCUT2D eigenvalue weighted by Gasteiger charge is -2.13. The first-order valence-corrected chi connectivity index (χ1v) is 5.92. The predicted octanol–water partition coefficient (Wildman–Crippen LogP) is 2.54. The van der Waals surface area contributed by atoms with Gasteiger partial charge in [0.25, 0.3) is 0 Å². The highest BCUT2D eigenvalue weighted by Crippen LogP contribution is 2.28. The fourth-order valence-electron chi connectivity index (χ4n) is 2.20. The Hall–Kier alpha value is -1.71. The Bertz CT molecular complexity index is 411. The molecule has 0 radical (unpaired) electrons. The lowest BCUT2D eigenvalue weighted by Crippen LogP contribution is -2.09. The largest absolute Gasteiger partial charge is 0.491 e. The first-order chi connectivity index (χ1) is 8.16. The minimum absolute atomic E-state index is 0.190. The molecule has 3 N–H and O–H groups in total. The van der Waals surface area contributed by atoms with E-state index in [9.17, 15) is 4.79 Å². The summed E-state index contributed by atoms with van der Waals surface area (Å²) in [6.45, 7) is 0.677.